The molecule has 1 amide bonds. The zero-order valence-electron chi connectivity index (χ0n) is 10.7. The quantitative estimate of drug-likeness (QED) is 0.402. The van der Waals surface area contributed by atoms with Crippen molar-refractivity contribution in [1.29, 1.82) is 0 Å². The number of rotatable bonds is 8. The molecule has 0 aliphatic carbocycles. The Morgan fingerprint density at radius 1 is 1.41 bits per heavy atom. The summed E-state index contributed by atoms with van der Waals surface area (Å²) in [5.41, 5.74) is 0. The maximum atomic E-state index is 11.5. The summed E-state index contributed by atoms with van der Waals surface area (Å²) < 4.78 is 5.20. The van der Waals surface area contributed by atoms with E-state index in [2.05, 4.69) is 12.2 Å². The van der Waals surface area contributed by atoms with Crippen molar-refractivity contribution in [3.05, 3.63) is 6.54 Å². The van der Waals surface area contributed by atoms with Crippen molar-refractivity contribution in [1.82, 2.24) is 5.32 Å². The molecule has 97 valence electrons. The molecule has 0 bridgehead atoms. The Labute approximate surface area is 103 Å². The summed E-state index contributed by atoms with van der Waals surface area (Å²) in [4.78, 5) is 22.5. The van der Waals surface area contributed by atoms with Crippen LogP contribution < -0.4 is 5.32 Å². The molecule has 1 aliphatic heterocycles. The molecule has 2 atom stereocenters. The third-order valence-corrected chi connectivity index (χ3v) is 3.02. The number of ether oxygens (including phenoxy) is 1. The summed E-state index contributed by atoms with van der Waals surface area (Å²) in [6, 6.07) is 0. The summed E-state index contributed by atoms with van der Waals surface area (Å²) in [5.74, 6) is -0.519. The molecular formula is C13H22NO3. The minimum absolute atomic E-state index is 0.0618. The lowest BCUT2D eigenvalue weighted by molar-refractivity contribution is -0.154. The maximum Gasteiger partial charge on any atom is 0.306 e. The van der Waals surface area contributed by atoms with Gasteiger partial charge in [0.1, 0.15) is 6.10 Å². The van der Waals surface area contributed by atoms with Crippen molar-refractivity contribution >= 4 is 11.9 Å². The fraction of sp³-hybridized carbons (Fsp3) is 0.769. The molecule has 1 aliphatic rings. The molecule has 0 spiro atoms. The van der Waals surface area contributed by atoms with Gasteiger partial charge in [-0.25, -0.2) is 0 Å². The molecule has 1 radical (unpaired) electrons. The molecule has 0 unspecified atom stereocenters. The summed E-state index contributed by atoms with van der Waals surface area (Å²) >= 11 is 0. The molecule has 0 aromatic rings. The standard InChI is InChI=1S/C13H22NO3/c1-3-4-5-6-7-8-12(15)17-10(2)11-9-14-13(11)16/h9-11H,3-8H2,1-2H3,(H,14,16)/t10-,11+/m1/s1. The van der Waals surface area contributed by atoms with Gasteiger partial charge in [0.2, 0.25) is 5.91 Å². The minimum Gasteiger partial charge on any atom is -0.462 e. The van der Waals surface area contributed by atoms with E-state index in [1.54, 1.807) is 13.5 Å². The number of hydrogen-bond donors (Lipinski definition) is 1. The van der Waals surface area contributed by atoms with Gasteiger partial charge in [0, 0.05) is 6.42 Å². The van der Waals surface area contributed by atoms with Gasteiger partial charge in [-0.1, -0.05) is 32.6 Å². The number of hydrogen-bond acceptors (Lipinski definition) is 3. The Morgan fingerprint density at radius 2 is 2.12 bits per heavy atom. The van der Waals surface area contributed by atoms with Gasteiger partial charge in [-0.2, -0.15) is 0 Å². The normalized spacial score (nSPS) is 20.4. The fourth-order valence-corrected chi connectivity index (χ4v) is 1.81. The average molecular weight is 240 g/mol. The predicted octanol–water partition coefficient (Wildman–Crippen LogP) is 2.19. The Hall–Kier alpha value is -1.06. The van der Waals surface area contributed by atoms with Crippen LogP contribution in [0.3, 0.4) is 0 Å². The van der Waals surface area contributed by atoms with Gasteiger partial charge >= 0.3 is 5.97 Å². The van der Waals surface area contributed by atoms with Crippen LogP contribution in [0.4, 0.5) is 0 Å². The van der Waals surface area contributed by atoms with Crippen LogP contribution in [0.1, 0.15) is 52.4 Å². The molecule has 1 heterocycles. The molecule has 1 N–H and O–H groups in total. The first-order valence-corrected chi connectivity index (χ1v) is 6.48. The van der Waals surface area contributed by atoms with Crippen LogP contribution in [0.2, 0.25) is 0 Å². The van der Waals surface area contributed by atoms with Crippen molar-refractivity contribution in [2.45, 2.75) is 58.5 Å². The summed E-state index contributed by atoms with van der Waals surface area (Å²) in [5, 5.41) is 2.52. The van der Waals surface area contributed by atoms with Gasteiger partial charge in [-0.15, -0.1) is 0 Å². The van der Waals surface area contributed by atoms with Crippen molar-refractivity contribution in [3.8, 4) is 0 Å². The second-order valence-electron chi connectivity index (χ2n) is 4.56. The zero-order chi connectivity index (χ0) is 12.7. The predicted molar refractivity (Wildman–Crippen MR) is 64.9 cm³/mol. The Kier molecular flexibility index (Phi) is 6.01. The van der Waals surface area contributed by atoms with Crippen LogP contribution >= 0.6 is 0 Å². The third-order valence-electron chi connectivity index (χ3n) is 3.02. The van der Waals surface area contributed by atoms with Gasteiger partial charge in [0.05, 0.1) is 12.5 Å². The maximum absolute atomic E-state index is 11.5. The van der Waals surface area contributed by atoms with Crippen LogP contribution in [0.15, 0.2) is 0 Å². The number of carbonyl (C=O) groups is 2. The van der Waals surface area contributed by atoms with Gasteiger partial charge in [0.25, 0.3) is 0 Å². The molecular weight excluding hydrogens is 218 g/mol. The van der Waals surface area contributed by atoms with Crippen molar-refractivity contribution in [2.24, 2.45) is 5.92 Å². The van der Waals surface area contributed by atoms with Crippen LogP contribution in [0.5, 0.6) is 0 Å². The highest BCUT2D eigenvalue weighted by Gasteiger charge is 2.35. The molecule has 17 heavy (non-hydrogen) atoms. The minimum atomic E-state index is -0.341. The highest BCUT2D eigenvalue weighted by Crippen LogP contribution is 2.18. The van der Waals surface area contributed by atoms with E-state index < -0.39 is 0 Å². The first kappa shape index (κ1) is 14.0. The van der Waals surface area contributed by atoms with Gasteiger partial charge in [0.15, 0.2) is 0 Å². The highest BCUT2D eigenvalue weighted by molar-refractivity contribution is 5.87. The number of carbonyl (C=O) groups excluding carboxylic acids is 2. The number of unbranched alkanes of at least 4 members (excludes halogenated alkanes) is 4. The van der Waals surface area contributed by atoms with Crippen molar-refractivity contribution in [3.63, 3.8) is 0 Å². The van der Waals surface area contributed by atoms with Crippen LogP contribution in [-0.2, 0) is 14.3 Å². The van der Waals surface area contributed by atoms with E-state index in [1.165, 1.54) is 19.3 Å². The molecule has 1 fully saturated rings. The second-order valence-corrected chi connectivity index (χ2v) is 4.56. The van der Waals surface area contributed by atoms with Crippen LogP contribution in [0.25, 0.3) is 0 Å². The summed E-state index contributed by atoms with van der Waals surface area (Å²) in [6.45, 7) is 5.59. The van der Waals surface area contributed by atoms with Crippen molar-refractivity contribution < 1.29 is 14.3 Å². The monoisotopic (exact) mass is 240 g/mol. The molecule has 4 nitrogen and oxygen atoms in total. The molecule has 0 aromatic heterocycles. The van der Waals surface area contributed by atoms with E-state index in [0.717, 1.165) is 12.8 Å². The summed E-state index contributed by atoms with van der Waals surface area (Å²) in [7, 11) is 0. The third kappa shape index (κ3) is 4.75. The molecule has 1 rings (SSSR count). The number of esters is 1. The Balaban J connectivity index is 2.06. The van der Waals surface area contributed by atoms with Crippen molar-refractivity contribution in [2.75, 3.05) is 0 Å². The van der Waals surface area contributed by atoms with Gasteiger partial charge < -0.3 is 10.1 Å². The highest BCUT2D eigenvalue weighted by atomic mass is 16.5. The van der Waals surface area contributed by atoms with E-state index >= 15 is 0 Å². The number of nitrogens with one attached hydrogen (secondary N) is 1. The van der Waals surface area contributed by atoms with Gasteiger partial charge in [-0.05, 0) is 13.3 Å². The first-order chi connectivity index (χ1) is 8.15. The van der Waals surface area contributed by atoms with Crippen LogP contribution in [-0.4, -0.2) is 18.0 Å². The van der Waals surface area contributed by atoms with E-state index in [4.69, 9.17) is 4.74 Å². The number of β-lactam (4-membered cyclic amide) rings is 1. The largest absolute Gasteiger partial charge is 0.462 e. The molecule has 1 saturated heterocycles. The van der Waals surface area contributed by atoms with Crippen LogP contribution in [0, 0.1) is 12.5 Å². The lowest BCUT2D eigenvalue weighted by Gasteiger charge is -2.30. The SMILES string of the molecule is CCCCCCCC(=O)O[C@H](C)[C@@H]1[CH]NC1=O. The zero-order valence-corrected chi connectivity index (χ0v) is 10.7. The first-order valence-electron chi connectivity index (χ1n) is 6.48. The molecule has 0 aromatic carbocycles. The van der Waals surface area contributed by atoms with E-state index in [0.29, 0.717) is 6.42 Å². The smallest absolute Gasteiger partial charge is 0.306 e. The number of amides is 1. The Bertz CT molecular complexity index is 265. The molecule has 0 saturated carbocycles. The lowest BCUT2D eigenvalue weighted by atomic mass is 9.96. The fourth-order valence-electron chi connectivity index (χ4n) is 1.81. The summed E-state index contributed by atoms with van der Waals surface area (Å²) in [6.07, 6.45) is 5.68. The topological polar surface area (TPSA) is 55.4 Å². The lowest BCUT2D eigenvalue weighted by Crippen LogP contribution is -2.50. The average Bonchev–Trinajstić information content (AvgIpc) is 2.26. The van der Waals surface area contributed by atoms with E-state index in [-0.39, 0.29) is 23.9 Å². The van der Waals surface area contributed by atoms with Gasteiger partial charge in [-0.3, -0.25) is 9.59 Å². The Morgan fingerprint density at radius 3 is 2.65 bits per heavy atom. The molecule has 4 heteroatoms. The second kappa shape index (κ2) is 7.30. The van der Waals surface area contributed by atoms with E-state index in [9.17, 15) is 9.59 Å². The van der Waals surface area contributed by atoms with E-state index in [1.807, 2.05) is 0 Å².